The monoisotopic (exact) mass is 711 g/mol. The van der Waals surface area contributed by atoms with E-state index in [1.807, 2.05) is 42.5 Å². The molecule has 1 unspecified atom stereocenters. The average molecular weight is 712 g/mol. The molecular formula is C40H37N7O6. The van der Waals surface area contributed by atoms with Crippen LogP contribution in [0.1, 0.15) is 62.6 Å². The van der Waals surface area contributed by atoms with Gasteiger partial charge in [0.05, 0.1) is 23.4 Å². The smallest absolute Gasteiger partial charge is 0.266 e. The second-order valence-corrected chi connectivity index (χ2v) is 14.0. The molecule has 1 saturated heterocycles. The van der Waals surface area contributed by atoms with Gasteiger partial charge in [-0.15, -0.1) is 10.2 Å². The third-order valence-corrected chi connectivity index (χ3v) is 9.97. The first-order valence-corrected chi connectivity index (χ1v) is 17.5. The fourth-order valence-corrected chi connectivity index (χ4v) is 6.76. The van der Waals surface area contributed by atoms with Crippen LogP contribution in [0.15, 0.2) is 101 Å². The molecule has 3 aromatic carbocycles. The van der Waals surface area contributed by atoms with Gasteiger partial charge in [-0.25, -0.2) is 9.97 Å². The number of hydrogen-bond donors (Lipinski definition) is 2. The summed E-state index contributed by atoms with van der Waals surface area (Å²) in [6, 6.07) is 24.9. The number of anilines is 1. The number of amides is 2. The third-order valence-electron chi connectivity index (χ3n) is 9.97. The largest absolute Gasteiger partial charge is 0.490 e. The summed E-state index contributed by atoms with van der Waals surface area (Å²) >= 11 is 0. The zero-order chi connectivity index (χ0) is 36.7. The van der Waals surface area contributed by atoms with Crippen molar-refractivity contribution in [2.24, 2.45) is 0 Å². The van der Waals surface area contributed by atoms with Crippen LogP contribution in [0, 0.1) is 6.92 Å². The van der Waals surface area contributed by atoms with Gasteiger partial charge < -0.3 is 19.2 Å². The van der Waals surface area contributed by atoms with Gasteiger partial charge >= 0.3 is 0 Å². The summed E-state index contributed by atoms with van der Waals surface area (Å²) in [6.45, 7) is 6.12. The molecule has 1 atom stereocenters. The molecule has 13 heteroatoms. The van der Waals surface area contributed by atoms with Crippen molar-refractivity contribution in [3.05, 3.63) is 119 Å². The van der Waals surface area contributed by atoms with E-state index in [4.69, 9.17) is 13.9 Å². The Morgan fingerprint density at radius 3 is 2.25 bits per heavy atom. The predicted octanol–water partition coefficient (Wildman–Crippen LogP) is 6.27. The summed E-state index contributed by atoms with van der Waals surface area (Å²) in [7, 11) is 0. The Morgan fingerprint density at radius 2 is 1.58 bits per heavy atom. The average Bonchev–Trinajstić information content (AvgIpc) is 3.58. The summed E-state index contributed by atoms with van der Waals surface area (Å²) in [4.78, 5) is 45.8. The van der Waals surface area contributed by atoms with Gasteiger partial charge in [0, 0.05) is 43.3 Å². The van der Waals surface area contributed by atoms with Crippen molar-refractivity contribution in [1.82, 2.24) is 30.0 Å². The van der Waals surface area contributed by atoms with Crippen LogP contribution in [-0.2, 0) is 15.0 Å². The molecule has 2 N–H and O–H groups in total. The van der Waals surface area contributed by atoms with Crippen LogP contribution in [0.5, 0.6) is 17.2 Å². The molecule has 2 aliphatic rings. The molecule has 0 spiro atoms. The number of nitrogens with zero attached hydrogens (tertiary/aromatic N) is 5. The third kappa shape index (κ3) is 6.97. The Balaban J connectivity index is 0.834. The van der Waals surface area contributed by atoms with Crippen molar-refractivity contribution >= 4 is 28.4 Å². The van der Waals surface area contributed by atoms with Crippen LogP contribution in [0.4, 0.5) is 5.69 Å². The van der Waals surface area contributed by atoms with Crippen LogP contribution in [-0.4, -0.2) is 48.7 Å². The standard InChI is InChI=1S/C40H37N7O6/c1-23-45-46-38(51-23)33-15-13-30(21-41-33)52-28-9-4-24(5-10-28)40(2,3)25-6-11-29(12-7-25)53-31-18-27(19-31)43-26-8-14-32-34(20-26)42-22-47(39(32)50)35-16-17-36(48)44-37(35)49/h4-15,20-22,27,31,35,43H,16-19H2,1-3H3,(H,44,48,49)/t27-,31-,35?. The molecule has 4 heterocycles. The van der Waals surface area contributed by atoms with E-state index in [-0.39, 0.29) is 41.9 Å². The van der Waals surface area contributed by atoms with E-state index in [1.165, 1.54) is 10.9 Å². The zero-order valence-corrected chi connectivity index (χ0v) is 29.4. The second kappa shape index (κ2) is 13.6. The number of rotatable bonds is 10. The van der Waals surface area contributed by atoms with Gasteiger partial charge in [-0.2, -0.15) is 0 Å². The van der Waals surface area contributed by atoms with Gasteiger partial charge in [0.15, 0.2) is 0 Å². The summed E-state index contributed by atoms with van der Waals surface area (Å²) in [5.41, 5.74) is 3.75. The van der Waals surface area contributed by atoms with Crippen molar-refractivity contribution in [3.63, 3.8) is 0 Å². The van der Waals surface area contributed by atoms with Gasteiger partial charge in [0.2, 0.25) is 17.7 Å². The number of aryl methyl sites for hydroxylation is 1. The van der Waals surface area contributed by atoms with Gasteiger partial charge in [-0.3, -0.25) is 24.3 Å². The van der Waals surface area contributed by atoms with E-state index in [2.05, 4.69) is 68.9 Å². The predicted molar refractivity (Wildman–Crippen MR) is 196 cm³/mol. The van der Waals surface area contributed by atoms with E-state index >= 15 is 0 Å². The lowest BCUT2D eigenvalue weighted by Crippen LogP contribution is -2.44. The van der Waals surface area contributed by atoms with Gasteiger partial charge in [-0.1, -0.05) is 38.1 Å². The van der Waals surface area contributed by atoms with Crippen molar-refractivity contribution in [1.29, 1.82) is 0 Å². The molecule has 1 aliphatic carbocycles. The van der Waals surface area contributed by atoms with E-state index in [1.54, 1.807) is 25.3 Å². The van der Waals surface area contributed by atoms with Crippen LogP contribution >= 0.6 is 0 Å². The first-order valence-electron chi connectivity index (χ1n) is 17.5. The maximum Gasteiger partial charge on any atom is 0.266 e. The maximum atomic E-state index is 13.1. The molecular weight excluding hydrogens is 674 g/mol. The highest BCUT2D eigenvalue weighted by atomic mass is 16.5. The molecule has 0 bridgehead atoms. The van der Waals surface area contributed by atoms with Crippen LogP contribution < -0.4 is 25.7 Å². The number of nitrogens with one attached hydrogen (secondary N) is 2. The molecule has 1 aliphatic heterocycles. The van der Waals surface area contributed by atoms with E-state index in [0.717, 1.165) is 35.4 Å². The number of aromatic nitrogens is 5. The van der Waals surface area contributed by atoms with Crippen molar-refractivity contribution in [3.8, 4) is 28.8 Å². The highest BCUT2D eigenvalue weighted by Gasteiger charge is 2.32. The lowest BCUT2D eigenvalue weighted by Gasteiger charge is -2.36. The highest BCUT2D eigenvalue weighted by Crippen LogP contribution is 2.35. The Kier molecular flexibility index (Phi) is 8.69. The summed E-state index contributed by atoms with van der Waals surface area (Å²) < 4.78 is 19.1. The zero-order valence-electron chi connectivity index (χ0n) is 29.4. The number of imide groups is 1. The van der Waals surface area contributed by atoms with Crippen LogP contribution in [0.3, 0.4) is 0 Å². The molecule has 8 rings (SSSR count). The quantitative estimate of drug-likeness (QED) is 0.154. The van der Waals surface area contributed by atoms with Crippen molar-refractivity contribution in [2.75, 3.05) is 5.32 Å². The minimum atomic E-state index is -0.743. The molecule has 2 fully saturated rings. The lowest BCUT2D eigenvalue weighted by molar-refractivity contribution is -0.135. The first kappa shape index (κ1) is 33.8. The van der Waals surface area contributed by atoms with E-state index < -0.39 is 11.9 Å². The number of fused-ring (bicyclic) bond motifs is 1. The molecule has 1 saturated carbocycles. The minimum absolute atomic E-state index is 0.0904. The fourth-order valence-electron chi connectivity index (χ4n) is 6.76. The van der Waals surface area contributed by atoms with Crippen molar-refractivity contribution < 1.29 is 23.5 Å². The number of carbonyl (C=O) groups is 2. The molecule has 268 valence electrons. The maximum absolute atomic E-state index is 13.1. The molecule has 53 heavy (non-hydrogen) atoms. The van der Waals surface area contributed by atoms with E-state index in [0.29, 0.717) is 39.9 Å². The Morgan fingerprint density at radius 1 is 0.868 bits per heavy atom. The van der Waals surface area contributed by atoms with Crippen molar-refractivity contribution in [2.45, 2.75) is 70.1 Å². The summed E-state index contributed by atoms with van der Waals surface area (Å²) in [5, 5.41) is 14.1. The Labute approximate surface area is 304 Å². The number of hydrogen-bond acceptors (Lipinski definition) is 11. The Bertz CT molecular complexity index is 2360. The first-order chi connectivity index (χ1) is 25.6. The molecule has 2 amide bonds. The fraction of sp³-hybridized carbons (Fsp3) is 0.275. The number of pyridine rings is 1. The summed E-state index contributed by atoms with van der Waals surface area (Å²) in [6.07, 6.45) is 5.25. The number of piperidine rings is 1. The molecule has 6 aromatic rings. The SMILES string of the molecule is Cc1nnc(-c2ccc(Oc3ccc(C(C)(C)c4ccc(O[C@H]5C[C@H](Nc6ccc7c(=O)n(C8CCC(=O)NC8=O)cnc7c6)C5)cc4)cc3)cn2)o1. The number of benzene rings is 3. The minimum Gasteiger partial charge on any atom is -0.490 e. The lowest BCUT2D eigenvalue weighted by atomic mass is 9.78. The molecule has 3 aromatic heterocycles. The number of ether oxygens (including phenoxy) is 2. The summed E-state index contributed by atoms with van der Waals surface area (Å²) in [5.74, 6) is 2.19. The van der Waals surface area contributed by atoms with Gasteiger partial charge in [0.25, 0.3) is 11.4 Å². The second-order valence-electron chi connectivity index (χ2n) is 14.0. The Hall–Kier alpha value is -6.37. The van der Waals surface area contributed by atoms with Crippen LogP contribution in [0.25, 0.3) is 22.5 Å². The van der Waals surface area contributed by atoms with Crippen LogP contribution in [0.2, 0.25) is 0 Å². The van der Waals surface area contributed by atoms with Gasteiger partial charge in [0.1, 0.15) is 35.1 Å². The van der Waals surface area contributed by atoms with Gasteiger partial charge in [-0.05, 0) is 72.1 Å². The normalized spacial score (nSPS) is 18.7. The van der Waals surface area contributed by atoms with E-state index in [9.17, 15) is 14.4 Å². The topological polar surface area (TPSA) is 163 Å². The molecule has 0 radical (unpaired) electrons. The molecule has 13 nitrogen and oxygen atoms in total. The number of carbonyl (C=O) groups excluding carboxylic acids is 2. The highest BCUT2D eigenvalue weighted by molar-refractivity contribution is 5.99.